The summed E-state index contributed by atoms with van der Waals surface area (Å²) in [6.07, 6.45) is 0. The Morgan fingerprint density at radius 2 is 1.82 bits per heavy atom. The van der Waals surface area contributed by atoms with E-state index in [4.69, 9.17) is 23.2 Å². The van der Waals surface area contributed by atoms with Crippen LogP contribution in [0.3, 0.4) is 0 Å². The molecule has 0 atom stereocenters. The van der Waals surface area contributed by atoms with Crippen LogP contribution in [-0.4, -0.2) is 0 Å². The molecule has 1 radical (unpaired) electrons. The summed E-state index contributed by atoms with van der Waals surface area (Å²) in [5.41, 5.74) is 0. The first kappa shape index (κ1) is 12.9. The number of rotatable bonds is 0. The van der Waals surface area contributed by atoms with Crippen molar-refractivity contribution in [3.05, 3.63) is 34.3 Å². The zero-order valence-electron chi connectivity index (χ0n) is 5.45. The van der Waals surface area contributed by atoms with E-state index in [0.29, 0.717) is 10.0 Å². The first-order valence-corrected chi connectivity index (χ1v) is 21.5. The van der Waals surface area contributed by atoms with Crippen molar-refractivity contribution in [1.29, 1.82) is 0 Å². The molecule has 0 nitrogen and oxygen atoms in total. The van der Waals surface area contributed by atoms with Crippen molar-refractivity contribution >= 4 is 62.7 Å². The molecule has 0 fully saturated rings. The third-order valence-electron chi connectivity index (χ3n) is 0.764. The molecule has 0 bridgehead atoms. The molecule has 11 heavy (non-hydrogen) atoms. The van der Waals surface area contributed by atoms with E-state index in [1.807, 2.05) is 0 Å². The maximum absolute atomic E-state index is 5.56. The van der Waals surface area contributed by atoms with Gasteiger partial charge in [-0.1, -0.05) is 29.3 Å². The molecule has 0 unspecified atom stereocenters. The van der Waals surface area contributed by atoms with Crippen molar-refractivity contribution in [2.24, 2.45) is 0 Å². The average Bonchev–Trinajstić information content (AvgIpc) is 1.97. The van der Waals surface area contributed by atoms with Gasteiger partial charge in [-0.2, -0.15) is 0 Å². The molecular formula is C6H3Cl2I2Zn. The van der Waals surface area contributed by atoms with Crippen LogP contribution in [-0.2, 0) is 10.1 Å². The summed E-state index contributed by atoms with van der Waals surface area (Å²) in [5, 5.41) is 1.12. The number of halogens is 4. The van der Waals surface area contributed by atoms with Crippen LogP contribution in [0.5, 0.6) is 0 Å². The average molecular weight is 465 g/mol. The monoisotopic (exact) mass is 463 g/mol. The molecule has 0 aliphatic carbocycles. The molecule has 1 aromatic rings. The second kappa shape index (κ2) is 8.48. The van der Waals surface area contributed by atoms with E-state index in [2.05, 4.69) is 45.6 Å². The van der Waals surface area contributed by atoms with Crippen molar-refractivity contribution in [2.45, 2.75) is 0 Å². The van der Waals surface area contributed by atoms with E-state index in [1.54, 1.807) is 18.2 Å². The maximum atomic E-state index is 5.56. The molecule has 5 heteroatoms. The van der Waals surface area contributed by atoms with Gasteiger partial charge in [-0.05, 0) is 18.2 Å². The van der Waals surface area contributed by atoms with Crippen LogP contribution in [0.15, 0.2) is 18.2 Å². The van der Waals surface area contributed by atoms with Crippen LogP contribution in [0.2, 0.25) is 10.0 Å². The first-order chi connectivity index (χ1) is 5.22. The van der Waals surface area contributed by atoms with Gasteiger partial charge in [-0.15, -0.1) is 0 Å². The standard InChI is InChI=1S/C6H3Cl2.2HI.Zn/c7-5-3-1-2-4-6(5)8;;;/h1,3-4H;2*1H;/q;;;+2/p-2. The molecule has 0 saturated carbocycles. The third kappa shape index (κ3) is 6.99. The second-order valence-corrected chi connectivity index (χ2v) is 25.8. The predicted octanol–water partition coefficient (Wildman–Crippen LogP) is 4.56. The fraction of sp³-hybridized carbons (Fsp3) is 0. The molecule has 1 aromatic carbocycles. The molecule has 57 valence electrons. The van der Waals surface area contributed by atoms with E-state index in [0.717, 1.165) is 0 Å². The number of hydrogen-bond acceptors (Lipinski definition) is 0. The van der Waals surface area contributed by atoms with E-state index in [9.17, 15) is 0 Å². The normalized spacial score (nSPS) is 7.64. The SMILES string of the molecule is Clc1c[c]ccc1Cl.[I][Zn][I]. The van der Waals surface area contributed by atoms with Crippen molar-refractivity contribution < 1.29 is 10.1 Å². The van der Waals surface area contributed by atoms with Crippen LogP contribution in [0.25, 0.3) is 0 Å². The van der Waals surface area contributed by atoms with E-state index in [-0.39, 0.29) is 10.1 Å². The molecule has 0 aromatic heterocycles. The molecule has 0 spiro atoms. The van der Waals surface area contributed by atoms with Crippen LogP contribution in [0.4, 0.5) is 0 Å². The van der Waals surface area contributed by atoms with Gasteiger partial charge in [-0.25, -0.2) is 0 Å². The van der Waals surface area contributed by atoms with Crippen LogP contribution in [0.1, 0.15) is 0 Å². The van der Waals surface area contributed by atoms with Gasteiger partial charge >= 0.3 is 49.6 Å². The Hall–Kier alpha value is 1.88. The molecule has 0 saturated heterocycles. The predicted molar refractivity (Wildman–Crippen MR) is 63.3 cm³/mol. The topological polar surface area (TPSA) is 0 Å². The van der Waals surface area contributed by atoms with Gasteiger partial charge in [0.1, 0.15) is 0 Å². The van der Waals surface area contributed by atoms with Crippen LogP contribution in [0, 0.1) is 6.07 Å². The molecular weight excluding hydrogens is 462 g/mol. The summed E-state index contributed by atoms with van der Waals surface area (Å²) in [6, 6.07) is 7.83. The Bertz CT molecular complexity index is 187. The molecule has 0 aliphatic heterocycles. The van der Waals surface area contributed by atoms with E-state index in [1.165, 1.54) is 0 Å². The minimum absolute atomic E-state index is 0.0650. The molecule has 0 aliphatic rings. The Kier molecular flexibility index (Phi) is 9.93. The fourth-order valence-electron chi connectivity index (χ4n) is 0.391. The van der Waals surface area contributed by atoms with Gasteiger partial charge in [0.25, 0.3) is 0 Å². The fourth-order valence-corrected chi connectivity index (χ4v) is 0.635. The summed E-state index contributed by atoms with van der Waals surface area (Å²) in [5.74, 6) is 0. The Balaban J connectivity index is 0.000000292. The van der Waals surface area contributed by atoms with Gasteiger partial charge in [-0.3, -0.25) is 0 Å². The van der Waals surface area contributed by atoms with Gasteiger partial charge in [0, 0.05) is 0 Å². The molecule has 1 rings (SSSR count). The van der Waals surface area contributed by atoms with Crippen molar-refractivity contribution in [1.82, 2.24) is 0 Å². The quantitative estimate of drug-likeness (QED) is 0.390. The van der Waals surface area contributed by atoms with Gasteiger partial charge < -0.3 is 0 Å². The second-order valence-electron chi connectivity index (χ2n) is 1.44. The van der Waals surface area contributed by atoms with Crippen LogP contribution >= 0.6 is 62.7 Å². The van der Waals surface area contributed by atoms with Gasteiger partial charge in [0.2, 0.25) is 0 Å². The summed E-state index contributed by atoms with van der Waals surface area (Å²) in [6.45, 7) is 0. The summed E-state index contributed by atoms with van der Waals surface area (Å²) in [4.78, 5) is 0. The minimum atomic E-state index is 0.0650. The molecule has 0 N–H and O–H groups in total. The van der Waals surface area contributed by atoms with Gasteiger partial charge in [0.15, 0.2) is 0 Å². The summed E-state index contributed by atoms with van der Waals surface area (Å²) in [7, 11) is 0.0650. The number of benzene rings is 1. The van der Waals surface area contributed by atoms with Crippen molar-refractivity contribution in [2.75, 3.05) is 0 Å². The van der Waals surface area contributed by atoms with E-state index >= 15 is 0 Å². The van der Waals surface area contributed by atoms with Gasteiger partial charge in [0.05, 0.1) is 10.0 Å². The first-order valence-electron chi connectivity index (χ1n) is 2.65. The van der Waals surface area contributed by atoms with Crippen molar-refractivity contribution in [3.8, 4) is 0 Å². The molecule has 0 amide bonds. The molecule has 0 heterocycles. The summed E-state index contributed by atoms with van der Waals surface area (Å²) < 4.78 is 0. The Labute approximate surface area is 105 Å². The zero-order chi connectivity index (χ0) is 8.69. The summed E-state index contributed by atoms with van der Waals surface area (Å²) >= 11 is 16.0. The van der Waals surface area contributed by atoms with Crippen molar-refractivity contribution in [3.63, 3.8) is 0 Å². The third-order valence-corrected chi connectivity index (χ3v) is 1.50. The Morgan fingerprint density at radius 1 is 1.27 bits per heavy atom. The van der Waals surface area contributed by atoms with E-state index < -0.39 is 0 Å². The Morgan fingerprint density at radius 3 is 2.09 bits per heavy atom. The number of hydrogen-bond donors (Lipinski definition) is 0. The zero-order valence-corrected chi connectivity index (χ0v) is 14.2. The van der Waals surface area contributed by atoms with Crippen LogP contribution < -0.4 is 0 Å².